The number of hydrogen-bond acceptors (Lipinski definition) is 5. The number of fused-ring (bicyclic) bond motifs is 1. The van der Waals surface area contributed by atoms with E-state index in [0.717, 1.165) is 29.3 Å². The second-order valence-electron chi connectivity index (χ2n) is 7.19. The zero-order chi connectivity index (χ0) is 20.0. The van der Waals surface area contributed by atoms with Crippen LogP contribution in [-0.2, 0) is 5.41 Å². The monoisotopic (exact) mass is 384 g/mol. The van der Waals surface area contributed by atoms with E-state index in [-0.39, 0.29) is 17.3 Å². The lowest BCUT2D eigenvalue weighted by Gasteiger charge is -2.20. The van der Waals surface area contributed by atoms with E-state index in [0.29, 0.717) is 11.3 Å². The summed E-state index contributed by atoms with van der Waals surface area (Å²) in [6.07, 6.45) is 4.84. The first-order valence-electron chi connectivity index (χ1n) is 9.29. The van der Waals surface area contributed by atoms with Gasteiger partial charge < -0.3 is 0 Å². The van der Waals surface area contributed by atoms with Crippen LogP contribution in [0.15, 0.2) is 67.0 Å². The van der Waals surface area contributed by atoms with E-state index in [2.05, 4.69) is 15.1 Å². The van der Waals surface area contributed by atoms with E-state index in [9.17, 15) is 4.39 Å². The van der Waals surface area contributed by atoms with E-state index in [1.165, 1.54) is 23.0 Å². The molecule has 4 aromatic rings. The molecule has 2 N–H and O–H groups in total. The molecule has 0 radical (unpaired) electrons. The predicted octanol–water partition coefficient (Wildman–Crippen LogP) is 3.67. The van der Waals surface area contributed by atoms with Gasteiger partial charge in [0.25, 0.3) is 0 Å². The summed E-state index contributed by atoms with van der Waals surface area (Å²) in [5.41, 5.74) is 2.45. The zero-order valence-corrected chi connectivity index (χ0v) is 15.4. The number of hydrogen-bond donors (Lipinski definition) is 2. The molecule has 2 aromatic heterocycles. The van der Waals surface area contributed by atoms with Crippen LogP contribution in [0.1, 0.15) is 18.4 Å². The number of pyridine rings is 1. The van der Waals surface area contributed by atoms with E-state index in [4.69, 9.17) is 10.8 Å². The Bertz CT molecular complexity index is 1300. The van der Waals surface area contributed by atoms with Gasteiger partial charge in [-0.15, -0.1) is 0 Å². The van der Waals surface area contributed by atoms with Gasteiger partial charge in [0, 0.05) is 17.1 Å². The maximum Gasteiger partial charge on any atom is 0.244 e. The number of nitrogens with zero attached hydrogens (tertiary/aromatic N) is 4. The number of halogens is 1. The molecule has 7 heteroatoms. The molecule has 1 aliphatic carbocycles. The fourth-order valence-electron chi connectivity index (χ4n) is 3.74. The van der Waals surface area contributed by atoms with Crippen LogP contribution in [0.25, 0.3) is 22.2 Å². The summed E-state index contributed by atoms with van der Waals surface area (Å²) < 4.78 is 14.5. The Morgan fingerprint density at radius 2 is 1.76 bits per heavy atom. The fraction of sp³-hybridized carbons (Fsp3) is 0.136. The van der Waals surface area contributed by atoms with Crippen LogP contribution in [0, 0.1) is 16.6 Å². The first-order valence-corrected chi connectivity index (χ1v) is 9.29. The van der Waals surface area contributed by atoms with E-state index in [1.54, 1.807) is 18.3 Å². The summed E-state index contributed by atoms with van der Waals surface area (Å²) in [6.45, 7) is 0. The van der Waals surface area contributed by atoms with Gasteiger partial charge in [0.1, 0.15) is 17.3 Å². The van der Waals surface area contributed by atoms with Crippen molar-refractivity contribution in [2.45, 2.75) is 18.3 Å². The van der Waals surface area contributed by atoms with Crippen molar-refractivity contribution in [1.29, 1.82) is 10.8 Å². The SMILES string of the molecule is N=C(n1nc(-c2ccc(F)cc2)cnc1=N)C1(c2ccnc3ccccc23)CC1. The van der Waals surface area contributed by atoms with Gasteiger partial charge in [-0.2, -0.15) is 9.78 Å². The van der Waals surface area contributed by atoms with Crippen LogP contribution in [0.4, 0.5) is 4.39 Å². The Morgan fingerprint density at radius 1 is 1.00 bits per heavy atom. The van der Waals surface area contributed by atoms with Crippen LogP contribution in [0.5, 0.6) is 0 Å². The number of para-hydroxylation sites is 1. The van der Waals surface area contributed by atoms with Gasteiger partial charge >= 0.3 is 0 Å². The van der Waals surface area contributed by atoms with Gasteiger partial charge in [0.15, 0.2) is 0 Å². The Hall–Kier alpha value is -3.74. The smallest absolute Gasteiger partial charge is 0.244 e. The number of aromatic nitrogens is 4. The standard InChI is InChI=1S/C22H17FN6/c23-15-7-5-14(6-8-15)19-13-27-21(25)29(28-19)20(24)22(10-11-22)17-9-12-26-18-4-2-1-3-16(17)18/h1-9,12-13,24-25H,10-11H2. The van der Waals surface area contributed by atoms with Crippen LogP contribution in [0.3, 0.4) is 0 Å². The molecule has 0 amide bonds. The number of rotatable bonds is 3. The molecule has 0 atom stereocenters. The van der Waals surface area contributed by atoms with Crippen LogP contribution in [0.2, 0.25) is 0 Å². The van der Waals surface area contributed by atoms with Gasteiger partial charge in [-0.1, -0.05) is 18.2 Å². The highest BCUT2D eigenvalue weighted by molar-refractivity contribution is 5.99. The third kappa shape index (κ3) is 2.82. The van der Waals surface area contributed by atoms with Crippen LogP contribution >= 0.6 is 0 Å². The van der Waals surface area contributed by atoms with Crippen LogP contribution in [-0.4, -0.2) is 25.6 Å². The molecule has 6 nitrogen and oxygen atoms in total. The molecule has 2 heterocycles. The van der Waals surface area contributed by atoms with Crippen molar-refractivity contribution in [3.8, 4) is 11.3 Å². The minimum atomic E-state index is -0.515. The largest absolute Gasteiger partial charge is 0.286 e. The van der Waals surface area contributed by atoms with Crippen LogP contribution < -0.4 is 5.62 Å². The third-order valence-electron chi connectivity index (χ3n) is 5.44. The molecule has 0 spiro atoms. The van der Waals surface area contributed by atoms with Gasteiger partial charge in [-0.25, -0.2) is 9.37 Å². The molecule has 0 saturated heterocycles. The molecule has 0 aliphatic heterocycles. The summed E-state index contributed by atoms with van der Waals surface area (Å²) >= 11 is 0. The summed E-state index contributed by atoms with van der Waals surface area (Å²) in [5.74, 6) is -0.115. The van der Waals surface area contributed by atoms with Crippen molar-refractivity contribution in [3.63, 3.8) is 0 Å². The van der Waals surface area contributed by atoms with Crippen molar-refractivity contribution < 1.29 is 4.39 Å². The molecular formula is C22H17FN6. The van der Waals surface area contributed by atoms with Crippen molar-refractivity contribution in [2.24, 2.45) is 0 Å². The highest BCUT2D eigenvalue weighted by Gasteiger charge is 2.50. The zero-order valence-electron chi connectivity index (χ0n) is 15.4. The topological polar surface area (TPSA) is 91.3 Å². The average molecular weight is 384 g/mol. The lowest BCUT2D eigenvalue weighted by molar-refractivity contribution is 0.628. The fourth-order valence-corrected chi connectivity index (χ4v) is 3.74. The summed E-state index contributed by atoms with van der Waals surface area (Å²) in [4.78, 5) is 8.54. The number of nitrogens with one attached hydrogen (secondary N) is 2. The lowest BCUT2D eigenvalue weighted by Crippen LogP contribution is -2.38. The molecule has 1 aliphatic rings. The van der Waals surface area contributed by atoms with Crippen molar-refractivity contribution in [3.05, 3.63) is 84.0 Å². The Morgan fingerprint density at radius 3 is 2.52 bits per heavy atom. The summed E-state index contributed by atoms with van der Waals surface area (Å²) in [6, 6.07) is 15.8. The predicted molar refractivity (Wildman–Crippen MR) is 107 cm³/mol. The highest BCUT2D eigenvalue weighted by Crippen LogP contribution is 2.51. The molecule has 142 valence electrons. The first-order chi connectivity index (χ1) is 14.1. The maximum atomic E-state index is 13.2. The molecule has 1 saturated carbocycles. The van der Waals surface area contributed by atoms with Gasteiger partial charge in [0.2, 0.25) is 5.62 Å². The lowest BCUT2D eigenvalue weighted by atomic mass is 9.91. The molecule has 1 fully saturated rings. The van der Waals surface area contributed by atoms with E-state index >= 15 is 0 Å². The summed E-state index contributed by atoms with van der Waals surface area (Å²) in [7, 11) is 0. The molecule has 29 heavy (non-hydrogen) atoms. The Balaban J connectivity index is 1.61. The highest BCUT2D eigenvalue weighted by atomic mass is 19.1. The first kappa shape index (κ1) is 17.4. The third-order valence-corrected chi connectivity index (χ3v) is 5.44. The van der Waals surface area contributed by atoms with Gasteiger partial charge in [-0.3, -0.25) is 15.8 Å². The molecule has 0 bridgehead atoms. The second-order valence-corrected chi connectivity index (χ2v) is 7.19. The number of benzene rings is 2. The minimum absolute atomic E-state index is 0.106. The molecular weight excluding hydrogens is 367 g/mol. The van der Waals surface area contributed by atoms with Crippen molar-refractivity contribution >= 4 is 16.7 Å². The summed E-state index contributed by atoms with van der Waals surface area (Å²) in [5, 5.41) is 22.6. The quantitative estimate of drug-likeness (QED) is 0.417. The molecule has 2 aromatic carbocycles. The van der Waals surface area contributed by atoms with Crippen molar-refractivity contribution in [1.82, 2.24) is 19.7 Å². The van der Waals surface area contributed by atoms with Crippen molar-refractivity contribution in [2.75, 3.05) is 0 Å². The van der Waals surface area contributed by atoms with E-state index < -0.39 is 5.41 Å². The molecule has 0 unspecified atom stereocenters. The minimum Gasteiger partial charge on any atom is -0.286 e. The Labute approximate surface area is 165 Å². The van der Waals surface area contributed by atoms with E-state index in [1.807, 2.05) is 30.3 Å². The van der Waals surface area contributed by atoms with Gasteiger partial charge in [0.05, 0.1) is 17.1 Å². The van der Waals surface area contributed by atoms with Gasteiger partial charge in [-0.05, 0) is 54.8 Å². The maximum absolute atomic E-state index is 13.2. The Kier molecular flexibility index (Phi) is 3.84. The second kappa shape index (κ2) is 6.41. The molecule has 5 rings (SSSR count). The average Bonchev–Trinajstić information content (AvgIpc) is 3.56. The normalized spacial score (nSPS) is 14.7.